The van der Waals surface area contributed by atoms with Gasteiger partial charge >= 0.3 is 0 Å². The first-order valence-corrected chi connectivity index (χ1v) is 7.34. The normalized spacial score (nSPS) is 15.1. The largest absolute Gasteiger partial charge is 0.124 e. The summed E-state index contributed by atoms with van der Waals surface area (Å²) in [4.78, 5) is 0. The van der Waals surface area contributed by atoms with Gasteiger partial charge in [-0.15, -0.1) is 25.2 Å². The highest BCUT2D eigenvalue weighted by atomic mass is 14.3. The zero-order chi connectivity index (χ0) is 17.0. The molecule has 114 valence electrons. The number of allylic oxidation sites excluding steroid dienone is 8. The molecule has 0 spiro atoms. The van der Waals surface area contributed by atoms with E-state index >= 15 is 0 Å². The maximum atomic E-state index is 4.60. The monoisotopic (exact) mass is 282 g/mol. The van der Waals surface area contributed by atoms with Crippen LogP contribution in [0.5, 0.6) is 0 Å². The Morgan fingerprint density at radius 2 is 1.24 bits per heavy atom. The Labute approximate surface area is 132 Å². The lowest BCUT2D eigenvalue weighted by molar-refractivity contribution is 0.523. The fourth-order valence-corrected chi connectivity index (χ4v) is 2.60. The van der Waals surface area contributed by atoms with Crippen LogP contribution in [0, 0.1) is 37.0 Å². The average Bonchev–Trinajstić information content (AvgIpc) is 2.68. The number of hydrogen-bond donors (Lipinski definition) is 0. The Bertz CT molecular complexity index is 448. The lowest BCUT2D eigenvalue weighted by Gasteiger charge is -2.20. The van der Waals surface area contributed by atoms with Gasteiger partial charge in [-0.1, -0.05) is 38.2 Å². The van der Waals surface area contributed by atoms with E-state index in [4.69, 9.17) is 0 Å². The highest BCUT2D eigenvalue weighted by molar-refractivity contribution is 5.55. The Morgan fingerprint density at radius 3 is 1.43 bits per heavy atom. The van der Waals surface area contributed by atoms with Crippen LogP contribution < -0.4 is 0 Å². The van der Waals surface area contributed by atoms with E-state index in [1.165, 1.54) is 22.3 Å². The van der Waals surface area contributed by atoms with Crippen LogP contribution in [-0.4, -0.2) is 0 Å². The van der Waals surface area contributed by atoms with E-state index in [0.717, 1.165) is 0 Å². The van der Waals surface area contributed by atoms with E-state index in [-0.39, 0.29) is 0 Å². The van der Waals surface area contributed by atoms with Crippen molar-refractivity contribution in [3.63, 3.8) is 0 Å². The van der Waals surface area contributed by atoms with Crippen molar-refractivity contribution in [2.45, 2.75) is 48.5 Å². The second kappa shape index (κ2) is 11.9. The Hall–Kier alpha value is -1.92. The van der Waals surface area contributed by atoms with Crippen molar-refractivity contribution in [1.29, 1.82) is 0 Å². The quantitative estimate of drug-likeness (QED) is 0.561. The van der Waals surface area contributed by atoms with E-state index in [9.17, 15) is 0 Å². The summed E-state index contributed by atoms with van der Waals surface area (Å²) >= 11 is 0. The molecular weight excluding hydrogens is 252 g/mol. The predicted octanol–water partition coefficient (Wildman–Crippen LogP) is 5.95. The van der Waals surface area contributed by atoms with Gasteiger partial charge in [0.15, 0.2) is 0 Å². The van der Waals surface area contributed by atoms with Gasteiger partial charge in [-0.3, -0.25) is 0 Å². The molecule has 1 aliphatic carbocycles. The molecule has 0 atom stereocenters. The minimum atomic E-state index is 0.576. The molecule has 0 N–H and O–H groups in total. The molecule has 21 heavy (non-hydrogen) atoms. The molecule has 0 heteroatoms. The molecule has 1 rings (SSSR count). The zero-order valence-corrected chi connectivity index (χ0v) is 14.7. The molecule has 0 unspecified atom stereocenters. The second-order valence-electron chi connectivity index (χ2n) is 5.17. The molecule has 0 amide bonds. The SMILES string of the molecule is C#C.C#CC.C/C=C\C1=C(C)C(C)=C(/C=C\C)C1C(C)C. The summed E-state index contributed by atoms with van der Waals surface area (Å²) < 4.78 is 0. The molecule has 0 aromatic rings. The number of terminal acetylenes is 2. The Balaban J connectivity index is 0. The summed E-state index contributed by atoms with van der Waals surface area (Å²) in [5.41, 5.74) is 5.93. The third-order valence-corrected chi connectivity index (χ3v) is 3.46. The number of rotatable bonds is 3. The Morgan fingerprint density at radius 1 is 0.952 bits per heavy atom. The summed E-state index contributed by atoms with van der Waals surface area (Å²) in [5.74, 6) is 3.48. The van der Waals surface area contributed by atoms with Crippen molar-refractivity contribution in [3.05, 3.63) is 46.6 Å². The lowest BCUT2D eigenvalue weighted by atomic mass is 9.84. The molecule has 0 heterocycles. The van der Waals surface area contributed by atoms with Crippen LogP contribution in [-0.2, 0) is 0 Å². The van der Waals surface area contributed by atoms with Gasteiger partial charge in [0.25, 0.3) is 0 Å². The second-order valence-corrected chi connectivity index (χ2v) is 5.17. The molecule has 0 aromatic carbocycles. The number of hydrogen-bond acceptors (Lipinski definition) is 0. The van der Waals surface area contributed by atoms with Crippen LogP contribution in [0.3, 0.4) is 0 Å². The smallest absolute Gasteiger partial charge is 0.0118 e. The van der Waals surface area contributed by atoms with Crippen molar-refractivity contribution in [3.8, 4) is 25.2 Å². The van der Waals surface area contributed by atoms with Crippen LogP contribution in [0.1, 0.15) is 48.5 Å². The van der Waals surface area contributed by atoms with Crippen LogP contribution in [0.4, 0.5) is 0 Å². The predicted molar refractivity (Wildman–Crippen MR) is 97.8 cm³/mol. The van der Waals surface area contributed by atoms with E-state index in [0.29, 0.717) is 11.8 Å². The van der Waals surface area contributed by atoms with Crippen LogP contribution in [0.15, 0.2) is 46.6 Å². The van der Waals surface area contributed by atoms with Gasteiger partial charge in [-0.2, -0.15) is 0 Å². The van der Waals surface area contributed by atoms with Gasteiger partial charge in [-0.25, -0.2) is 0 Å². The van der Waals surface area contributed by atoms with Gasteiger partial charge in [0.05, 0.1) is 0 Å². The first-order chi connectivity index (χ1) is 9.95. The summed E-state index contributed by atoms with van der Waals surface area (Å²) in [7, 11) is 0. The molecule has 1 aliphatic rings. The van der Waals surface area contributed by atoms with Gasteiger partial charge < -0.3 is 0 Å². The average molecular weight is 282 g/mol. The minimum Gasteiger partial charge on any atom is -0.124 e. The third-order valence-electron chi connectivity index (χ3n) is 3.46. The van der Waals surface area contributed by atoms with Gasteiger partial charge in [0.2, 0.25) is 0 Å². The van der Waals surface area contributed by atoms with E-state index in [1.54, 1.807) is 6.92 Å². The van der Waals surface area contributed by atoms with Gasteiger partial charge in [0, 0.05) is 5.92 Å². The van der Waals surface area contributed by atoms with Gasteiger partial charge in [0.1, 0.15) is 0 Å². The van der Waals surface area contributed by atoms with Crippen molar-refractivity contribution in [2.75, 3.05) is 0 Å². The van der Waals surface area contributed by atoms with Crippen LogP contribution in [0.25, 0.3) is 0 Å². The van der Waals surface area contributed by atoms with Crippen molar-refractivity contribution in [2.24, 2.45) is 11.8 Å². The highest BCUT2D eigenvalue weighted by Gasteiger charge is 2.28. The maximum Gasteiger partial charge on any atom is 0.0118 e. The van der Waals surface area contributed by atoms with E-state index in [2.05, 4.69) is 91.0 Å². The first kappa shape index (κ1) is 21.4. The summed E-state index contributed by atoms with van der Waals surface area (Å²) in [6.07, 6.45) is 21.5. The molecule has 0 saturated carbocycles. The van der Waals surface area contributed by atoms with Crippen molar-refractivity contribution >= 4 is 0 Å². The molecule has 0 aromatic heterocycles. The molecular formula is C21H30. The molecule has 0 fully saturated rings. The van der Waals surface area contributed by atoms with E-state index < -0.39 is 0 Å². The maximum absolute atomic E-state index is 4.60. The molecule has 0 nitrogen and oxygen atoms in total. The topological polar surface area (TPSA) is 0 Å². The minimum absolute atomic E-state index is 0.576. The van der Waals surface area contributed by atoms with E-state index in [1.807, 2.05) is 0 Å². The standard InChI is InChI=1S/C16H24.C3H4.C2H2/c1-7-9-14-12(5)13(6)15(10-8-2)16(14)11(3)4;1-3-2;1-2/h7-11,16H,1-6H3;1H,2H3;1-2H/b9-7-,10-8-;;. The van der Waals surface area contributed by atoms with Crippen molar-refractivity contribution in [1.82, 2.24) is 0 Å². The lowest BCUT2D eigenvalue weighted by Crippen LogP contribution is -2.10. The van der Waals surface area contributed by atoms with Crippen LogP contribution in [0.2, 0.25) is 0 Å². The molecule has 0 saturated heterocycles. The van der Waals surface area contributed by atoms with Crippen molar-refractivity contribution < 1.29 is 0 Å². The molecule has 0 bridgehead atoms. The highest BCUT2D eigenvalue weighted by Crippen LogP contribution is 2.42. The summed E-state index contributed by atoms with van der Waals surface area (Å²) in [6, 6.07) is 0. The first-order valence-electron chi connectivity index (χ1n) is 7.34. The Kier molecular flexibility index (Phi) is 12.1. The zero-order valence-electron chi connectivity index (χ0n) is 14.7. The van der Waals surface area contributed by atoms with Crippen LogP contribution >= 0.6 is 0 Å². The molecule has 0 aliphatic heterocycles. The molecule has 0 radical (unpaired) electrons. The fourth-order valence-electron chi connectivity index (χ4n) is 2.60. The van der Waals surface area contributed by atoms with Gasteiger partial charge in [-0.05, 0) is 62.8 Å². The summed E-state index contributed by atoms with van der Waals surface area (Å²) in [5, 5.41) is 0. The summed E-state index contributed by atoms with van der Waals surface area (Å²) in [6.45, 7) is 15.0. The third kappa shape index (κ3) is 5.93. The fraction of sp³-hybridized carbons (Fsp3) is 0.429.